The van der Waals surface area contributed by atoms with Crippen molar-refractivity contribution in [2.24, 2.45) is 11.8 Å². The van der Waals surface area contributed by atoms with Crippen molar-refractivity contribution in [1.82, 2.24) is 5.32 Å². The third kappa shape index (κ3) is 3.51. The van der Waals surface area contributed by atoms with Crippen molar-refractivity contribution in [1.29, 1.82) is 0 Å². The van der Waals surface area contributed by atoms with Gasteiger partial charge < -0.3 is 5.32 Å². The van der Waals surface area contributed by atoms with E-state index in [4.69, 9.17) is 0 Å². The van der Waals surface area contributed by atoms with E-state index in [0.29, 0.717) is 6.04 Å². The van der Waals surface area contributed by atoms with Gasteiger partial charge in [-0.1, -0.05) is 38.3 Å². The third-order valence-electron chi connectivity index (χ3n) is 3.28. The molecule has 13 heavy (non-hydrogen) atoms. The van der Waals surface area contributed by atoms with Crippen LogP contribution in [0, 0.1) is 11.8 Å². The van der Waals surface area contributed by atoms with Crippen LogP contribution in [0.5, 0.6) is 0 Å². The molecule has 0 bridgehead atoms. The van der Waals surface area contributed by atoms with Crippen LogP contribution in [0.1, 0.15) is 39.5 Å². The first-order valence-corrected chi connectivity index (χ1v) is 5.59. The molecule has 0 aromatic rings. The fourth-order valence-electron chi connectivity index (χ4n) is 2.04. The molecule has 0 radical (unpaired) electrons. The van der Waals surface area contributed by atoms with Crippen molar-refractivity contribution in [2.75, 3.05) is 7.05 Å². The zero-order valence-electron chi connectivity index (χ0n) is 9.22. The van der Waals surface area contributed by atoms with Crippen LogP contribution in [0.2, 0.25) is 0 Å². The lowest BCUT2D eigenvalue weighted by molar-refractivity contribution is 0.306. The standard InChI is InChI=1S/C12H23N/c1-10-6-4-5-7-12(10)9-8-11(2)13-3/h8-13H,4-7H2,1-3H3/b9-8+. The molecule has 1 N–H and O–H groups in total. The van der Waals surface area contributed by atoms with Crippen LogP contribution in [0.3, 0.4) is 0 Å². The van der Waals surface area contributed by atoms with Gasteiger partial charge in [-0.05, 0) is 32.2 Å². The summed E-state index contributed by atoms with van der Waals surface area (Å²) in [7, 11) is 2.01. The molecule has 1 fully saturated rings. The lowest BCUT2D eigenvalue weighted by Gasteiger charge is -2.26. The zero-order chi connectivity index (χ0) is 9.68. The van der Waals surface area contributed by atoms with Gasteiger partial charge in [0.15, 0.2) is 0 Å². The molecule has 0 aromatic heterocycles. The molecule has 0 saturated heterocycles. The van der Waals surface area contributed by atoms with Gasteiger partial charge in [-0.3, -0.25) is 0 Å². The number of hydrogen-bond donors (Lipinski definition) is 1. The average molecular weight is 181 g/mol. The molecule has 1 heteroatoms. The van der Waals surface area contributed by atoms with E-state index < -0.39 is 0 Å². The minimum Gasteiger partial charge on any atom is -0.314 e. The normalized spacial score (nSPS) is 32.2. The maximum absolute atomic E-state index is 3.23. The highest BCUT2D eigenvalue weighted by Gasteiger charge is 2.18. The minimum absolute atomic E-state index is 0.522. The fourth-order valence-corrected chi connectivity index (χ4v) is 2.04. The Labute approximate surface area is 82.6 Å². The Morgan fingerprint density at radius 1 is 1.31 bits per heavy atom. The van der Waals surface area contributed by atoms with Gasteiger partial charge in [0, 0.05) is 6.04 Å². The van der Waals surface area contributed by atoms with Crippen molar-refractivity contribution in [3.63, 3.8) is 0 Å². The Kier molecular flexibility index (Phi) is 4.51. The molecular formula is C12H23N. The number of rotatable bonds is 3. The quantitative estimate of drug-likeness (QED) is 0.660. The highest BCUT2D eigenvalue weighted by molar-refractivity contribution is 4.96. The molecule has 0 amide bonds. The van der Waals surface area contributed by atoms with E-state index in [2.05, 4.69) is 31.3 Å². The number of nitrogens with one attached hydrogen (secondary N) is 1. The lowest BCUT2D eigenvalue weighted by Crippen LogP contribution is -2.20. The molecule has 3 atom stereocenters. The lowest BCUT2D eigenvalue weighted by atomic mass is 9.80. The maximum Gasteiger partial charge on any atom is 0.0218 e. The molecule has 0 aromatic carbocycles. The molecule has 3 unspecified atom stereocenters. The first-order valence-electron chi connectivity index (χ1n) is 5.59. The molecule has 1 aliphatic carbocycles. The van der Waals surface area contributed by atoms with E-state index >= 15 is 0 Å². The molecule has 0 spiro atoms. The Bertz CT molecular complexity index is 163. The molecule has 76 valence electrons. The van der Waals surface area contributed by atoms with Crippen LogP contribution in [0.25, 0.3) is 0 Å². The Morgan fingerprint density at radius 3 is 2.62 bits per heavy atom. The van der Waals surface area contributed by atoms with Gasteiger partial charge in [0.2, 0.25) is 0 Å². The second-order valence-corrected chi connectivity index (χ2v) is 4.39. The Hall–Kier alpha value is -0.300. The average Bonchev–Trinajstić information content (AvgIpc) is 2.16. The topological polar surface area (TPSA) is 12.0 Å². The minimum atomic E-state index is 0.522. The summed E-state index contributed by atoms with van der Waals surface area (Å²) in [6, 6.07) is 0.522. The van der Waals surface area contributed by atoms with Crippen LogP contribution >= 0.6 is 0 Å². The summed E-state index contributed by atoms with van der Waals surface area (Å²) in [5.74, 6) is 1.73. The first-order chi connectivity index (χ1) is 6.24. The monoisotopic (exact) mass is 181 g/mol. The third-order valence-corrected chi connectivity index (χ3v) is 3.28. The number of allylic oxidation sites excluding steroid dienone is 1. The van der Waals surface area contributed by atoms with Gasteiger partial charge in [-0.15, -0.1) is 0 Å². The molecule has 1 nitrogen and oxygen atoms in total. The summed E-state index contributed by atoms with van der Waals surface area (Å²) >= 11 is 0. The van der Waals surface area contributed by atoms with E-state index in [1.165, 1.54) is 25.7 Å². The van der Waals surface area contributed by atoms with E-state index in [1.54, 1.807) is 0 Å². The first kappa shape index (κ1) is 10.8. The smallest absolute Gasteiger partial charge is 0.0218 e. The highest BCUT2D eigenvalue weighted by atomic mass is 14.8. The number of likely N-dealkylation sites (N-methyl/N-ethyl adjacent to an activating group) is 1. The predicted molar refractivity (Wildman–Crippen MR) is 58.8 cm³/mol. The maximum atomic E-state index is 3.23. The second-order valence-electron chi connectivity index (χ2n) is 4.39. The van der Waals surface area contributed by atoms with Gasteiger partial charge in [0.05, 0.1) is 0 Å². The summed E-state index contributed by atoms with van der Waals surface area (Å²) < 4.78 is 0. The number of hydrogen-bond acceptors (Lipinski definition) is 1. The van der Waals surface area contributed by atoms with Crippen LogP contribution in [0.15, 0.2) is 12.2 Å². The van der Waals surface area contributed by atoms with E-state index in [-0.39, 0.29) is 0 Å². The van der Waals surface area contributed by atoms with E-state index in [9.17, 15) is 0 Å². The largest absolute Gasteiger partial charge is 0.314 e. The van der Waals surface area contributed by atoms with Crippen molar-refractivity contribution < 1.29 is 0 Å². The van der Waals surface area contributed by atoms with Gasteiger partial charge in [-0.25, -0.2) is 0 Å². The summed E-state index contributed by atoms with van der Waals surface area (Å²) in [5, 5.41) is 3.23. The SMILES string of the molecule is CNC(C)/C=C/C1CCCCC1C. The molecule has 1 rings (SSSR count). The Balaban J connectivity index is 2.37. The molecule has 0 aliphatic heterocycles. The second kappa shape index (κ2) is 5.43. The van der Waals surface area contributed by atoms with Crippen molar-refractivity contribution >= 4 is 0 Å². The molecule has 1 saturated carbocycles. The van der Waals surface area contributed by atoms with Crippen LogP contribution in [-0.2, 0) is 0 Å². The van der Waals surface area contributed by atoms with Crippen LogP contribution in [-0.4, -0.2) is 13.1 Å². The van der Waals surface area contributed by atoms with Crippen molar-refractivity contribution in [3.05, 3.63) is 12.2 Å². The fraction of sp³-hybridized carbons (Fsp3) is 0.833. The van der Waals surface area contributed by atoms with Crippen LogP contribution < -0.4 is 5.32 Å². The molecular weight excluding hydrogens is 158 g/mol. The predicted octanol–water partition coefficient (Wildman–Crippen LogP) is 2.98. The summed E-state index contributed by atoms with van der Waals surface area (Å²) in [6.07, 6.45) is 10.4. The molecule has 0 heterocycles. The van der Waals surface area contributed by atoms with Gasteiger partial charge in [-0.2, -0.15) is 0 Å². The van der Waals surface area contributed by atoms with E-state index in [0.717, 1.165) is 11.8 Å². The molecule has 1 aliphatic rings. The van der Waals surface area contributed by atoms with Crippen molar-refractivity contribution in [3.8, 4) is 0 Å². The Morgan fingerprint density at radius 2 is 2.00 bits per heavy atom. The summed E-state index contributed by atoms with van der Waals surface area (Å²) in [5.41, 5.74) is 0. The van der Waals surface area contributed by atoms with Gasteiger partial charge >= 0.3 is 0 Å². The summed E-state index contributed by atoms with van der Waals surface area (Å²) in [6.45, 7) is 4.59. The highest BCUT2D eigenvalue weighted by Crippen LogP contribution is 2.30. The van der Waals surface area contributed by atoms with Crippen molar-refractivity contribution in [2.45, 2.75) is 45.6 Å². The van der Waals surface area contributed by atoms with Gasteiger partial charge in [0.25, 0.3) is 0 Å². The van der Waals surface area contributed by atoms with E-state index in [1.807, 2.05) is 7.05 Å². The zero-order valence-corrected chi connectivity index (χ0v) is 9.22. The van der Waals surface area contributed by atoms with Crippen LogP contribution in [0.4, 0.5) is 0 Å². The summed E-state index contributed by atoms with van der Waals surface area (Å²) in [4.78, 5) is 0. The van der Waals surface area contributed by atoms with Gasteiger partial charge in [0.1, 0.15) is 0 Å².